The Balaban J connectivity index is 1.69. The van der Waals surface area contributed by atoms with Crippen molar-refractivity contribution in [1.29, 1.82) is 5.26 Å². The third-order valence-corrected chi connectivity index (χ3v) is 3.73. The molecular weight excluding hydrogens is 292 g/mol. The van der Waals surface area contributed by atoms with Crippen LogP contribution >= 0.6 is 0 Å². The second-order valence-corrected chi connectivity index (χ2v) is 6.98. The lowest BCUT2D eigenvalue weighted by Crippen LogP contribution is -2.51. The number of hydrogen-bond donors (Lipinski definition) is 0. The highest BCUT2D eigenvalue weighted by Crippen LogP contribution is 2.23. The Labute approximate surface area is 137 Å². The number of nitrogens with zero attached hydrogens (tertiary/aromatic N) is 2. The fraction of sp³-hybridized carbons (Fsp3) is 0.556. The number of carbonyl (C=O) groups excluding carboxylic acids is 1. The monoisotopic (exact) mass is 316 g/mol. The second-order valence-electron chi connectivity index (χ2n) is 6.98. The summed E-state index contributed by atoms with van der Waals surface area (Å²) in [6.07, 6.45) is 0.640. The maximum absolute atomic E-state index is 11.8. The lowest BCUT2D eigenvalue weighted by atomic mass is 9.97. The third kappa shape index (κ3) is 4.88. The number of amides is 1. The van der Waals surface area contributed by atoms with E-state index in [0.29, 0.717) is 18.1 Å². The summed E-state index contributed by atoms with van der Waals surface area (Å²) >= 11 is 0. The molecule has 0 aromatic heterocycles. The molecule has 124 valence electrons. The van der Waals surface area contributed by atoms with Crippen molar-refractivity contribution in [2.24, 2.45) is 5.92 Å². The molecule has 1 aromatic carbocycles. The van der Waals surface area contributed by atoms with E-state index >= 15 is 0 Å². The number of benzene rings is 1. The molecule has 5 nitrogen and oxygen atoms in total. The molecule has 1 heterocycles. The zero-order valence-corrected chi connectivity index (χ0v) is 14.3. The van der Waals surface area contributed by atoms with Crippen LogP contribution in [0.3, 0.4) is 0 Å². The number of rotatable bonds is 4. The molecule has 1 aliphatic rings. The quantitative estimate of drug-likeness (QED) is 0.853. The van der Waals surface area contributed by atoms with Gasteiger partial charge in [-0.3, -0.25) is 0 Å². The Kier molecular flexibility index (Phi) is 5.15. The van der Waals surface area contributed by atoms with E-state index in [4.69, 9.17) is 14.7 Å². The SMILES string of the molecule is Cc1ccc(OCCC2CN(C(=O)OC(C)(C)C)C2)cc1C#N. The maximum Gasteiger partial charge on any atom is 0.410 e. The Bertz CT molecular complexity index is 608. The molecule has 5 heteroatoms. The summed E-state index contributed by atoms with van der Waals surface area (Å²) in [6.45, 7) is 9.53. The van der Waals surface area contributed by atoms with E-state index < -0.39 is 5.60 Å². The van der Waals surface area contributed by atoms with Gasteiger partial charge in [0.15, 0.2) is 0 Å². The number of nitriles is 1. The van der Waals surface area contributed by atoms with Gasteiger partial charge in [0.05, 0.1) is 18.2 Å². The third-order valence-electron chi connectivity index (χ3n) is 3.73. The van der Waals surface area contributed by atoms with Gasteiger partial charge in [-0.05, 0) is 57.7 Å². The van der Waals surface area contributed by atoms with E-state index in [0.717, 1.165) is 30.8 Å². The van der Waals surface area contributed by atoms with Gasteiger partial charge in [-0.25, -0.2) is 4.79 Å². The first-order valence-corrected chi connectivity index (χ1v) is 7.90. The number of aryl methyl sites for hydroxylation is 1. The highest BCUT2D eigenvalue weighted by molar-refractivity contribution is 5.69. The van der Waals surface area contributed by atoms with Gasteiger partial charge in [-0.15, -0.1) is 0 Å². The predicted molar refractivity (Wildman–Crippen MR) is 87.3 cm³/mol. The highest BCUT2D eigenvalue weighted by atomic mass is 16.6. The first-order valence-electron chi connectivity index (χ1n) is 7.90. The van der Waals surface area contributed by atoms with Crippen LogP contribution in [0.25, 0.3) is 0 Å². The Hall–Kier alpha value is -2.22. The average Bonchev–Trinajstić information content (AvgIpc) is 2.40. The molecule has 1 fully saturated rings. The van der Waals surface area contributed by atoms with Crippen LogP contribution in [0.2, 0.25) is 0 Å². The molecule has 1 aliphatic heterocycles. The van der Waals surface area contributed by atoms with Gasteiger partial charge in [-0.1, -0.05) is 6.07 Å². The summed E-state index contributed by atoms with van der Waals surface area (Å²) in [7, 11) is 0. The van der Waals surface area contributed by atoms with Crippen LogP contribution in [0.15, 0.2) is 18.2 Å². The van der Waals surface area contributed by atoms with E-state index in [2.05, 4.69) is 6.07 Å². The Morgan fingerprint density at radius 1 is 1.39 bits per heavy atom. The summed E-state index contributed by atoms with van der Waals surface area (Å²) in [5, 5.41) is 9.01. The zero-order chi connectivity index (χ0) is 17.0. The van der Waals surface area contributed by atoms with Crippen molar-refractivity contribution >= 4 is 6.09 Å². The van der Waals surface area contributed by atoms with Gasteiger partial charge >= 0.3 is 6.09 Å². The first-order chi connectivity index (χ1) is 10.8. The van der Waals surface area contributed by atoms with E-state index in [1.165, 1.54) is 0 Å². The van der Waals surface area contributed by atoms with Crippen LogP contribution in [0, 0.1) is 24.2 Å². The lowest BCUT2D eigenvalue weighted by Gasteiger charge is -2.39. The smallest absolute Gasteiger partial charge is 0.410 e. The fourth-order valence-electron chi connectivity index (χ4n) is 2.38. The standard InChI is InChI=1S/C18H24N2O3/c1-13-5-6-16(9-15(13)10-19)22-8-7-14-11-20(12-14)17(21)23-18(2,3)4/h5-6,9,14H,7-8,11-12H2,1-4H3. The molecule has 2 rings (SSSR count). The second kappa shape index (κ2) is 6.91. The van der Waals surface area contributed by atoms with Gasteiger partial charge in [0.2, 0.25) is 0 Å². The van der Waals surface area contributed by atoms with Crippen LogP contribution in [-0.2, 0) is 4.74 Å². The predicted octanol–water partition coefficient (Wildman–Crippen LogP) is 3.50. The van der Waals surface area contributed by atoms with E-state index in [9.17, 15) is 4.79 Å². The summed E-state index contributed by atoms with van der Waals surface area (Å²) < 4.78 is 11.0. The molecule has 0 atom stereocenters. The average molecular weight is 316 g/mol. The van der Waals surface area contributed by atoms with Crippen molar-refractivity contribution in [3.05, 3.63) is 29.3 Å². The number of hydrogen-bond acceptors (Lipinski definition) is 4. The van der Waals surface area contributed by atoms with E-state index in [-0.39, 0.29) is 6.09 Å². The van der Waals surface area contributed by atoms with Gasteiger partial charge in [-0.2, -0.15) is 5.26 Å². The first kappa shape index (κ1) is 17.1. The van der Waals surface area contributed by atoms with Crippen molar-refractivity contribution in [3.8, 4) is 11.8 Å². The minimum absolute atomic E-state index is 0.244. The summed E-state index contributed by atoms with van der Waals surface area (Å²) in [5.41, 5.74) is 1.14. The van der Waals surface area contributed by atoms with Crippen molar-refractivity contribution in [1.82, 2.24) is 4.90 Å². The van der Waals surface area contributed by atoms with Crippen LogP contribution in [0.4, 0.5) is 4.79 Å². The topological polar surface area (TPSA) is 62.6 Å². The minimum Gasteiger partial charge on any atom is -0.494 e. The van der Waals surface area contributed by atoms with Crippen LogP contribution in [0.1, 0.15) is 38.3 Å². The van der Waals surface area contributed by atoms with Crippen molar-refractivity contribution < 1.29 is 14.3 Å². The molecule has 1 amide bonds. The van der Waals surface area contributed by atoms with Crippen molar-refractivity contribution in [2.75, 3.05) is 19.7 Å². The molecule has 0 bridgehead atoms. The number of carbonyl (C=O) groups is 1. The Morgan fingerprint density at radius 2 is 2.09 bits per heavy atom. The molecule has 23 heavy (non-hydrogen) atoms. The van der Waals surface area contributed by atoms with Gasteiger partial charge < -0.3 is 14.4 Å². The molecule has 0 spiro atoms. The van der Waals surface area contributed by atoms with Crippen LogP contribution in [-0.4, -0.2) is 36.3 Å². The Morgan fingerprint density at radius 3 is 2.70 bits per heavy atom. The minimum atomic E-state index is -0.449. The zero-order valence-electron chi connectivity index (χ0n) is 14.3. The molecule has 0 aliphatic carbocycles. The molecule has 0 radical (unpaired) electrons. The molecule has 0 N–H and O–H groups in total. The normalized spacial score (nSPS) is 14.8. The van der Waals surface area contributed by atoms with Crippen LogP contribution < -0.4 is 4.74 Å². The van der Waals surface area contributed by atoms with E-state index in [1.807, 2.05) is 39.8 Å². The lowest BCUT2D eigenvalue weighted by molar-refractivity contribution is -0.00383. The van der Waals surface area contributed by atoms with Gasteiger partial charge in [0.1, 0.15) is 11.4 Å². The molecule has 1 saturated heterocycles. The maximum atomic E-state index is 11.8. The molecular formula is C18H24N2O3. The summed E-state index contributed by atoms with van der Waals surface area (Å²) in [6, 6.07) is 7.69. The molecule has 0 saturated carbocycles. The summed E-state index contributed by atoms with van der Waals surface area (Å²) in [5.74, 6) is 1.17. The van der Waals surface area contributed by atoms with Crippen LogP contribution in [0.5, 0.6) is 5.75 Å². The van der Waals surface area contributed by atoms with Gasteiger partial charge in [0, 0.05) is 13.1 Å². The fourth-order valence-corrected chi connectivity index (χ4v) is 2.38. The van der Waals surface area contributed by atoms with Gasteiger partial charge in [0.25, 0.3) is 0 Å². The van der Waals surface area contributed by atoms with Crippen molar-refractivity contribution in [3.63, 3.8) is 0 Å². The largest absolute Gasteiger partial charge is 0.494 e. The molecule has 0 unspecified atom stereocenters. The number of likely N-dealkylation sites (tertiary alicyclic amines) is 1. The summed E-state index contributed by atoms with van der Waals surface area (Å²) in [4.78, 5) is 13.5. The molecule has 1 aromatic rings. The number of ether oxygens (including phenoxy) is 2. The van der Waals surface area contributed by atoms with E-state index in [1.54, 1.807) is 11.0 Å². The van der Waals surface area contributed by atoms with Crippen molar-refractivity contribution in [2.45, 2.75) is 39.7 Å². The highest BCUT2D eigenvalue weighted by Gasteiger charge is 2.33.